The van der Waals surface area contributed by atoms with E-state index in [2.05, 4.69) is 5.10 Å². The fourth-order valence-electron chi connectivity index (χ4n) is 1.99. The van der Waals surface area contributed by atoms with Gasteiger partial charge in [-0.25, -0.2) is 0 Å². The number of methoxy groups -OCH3 is 1. The average Bonchev–Trinajstić information content (AvgIpc) is 2.82. The zero-order chi connectivity index (χ0) is 13.8. The third-order valence-electron chi connectivity index (χ3n) is 2.99. The number of hydrogen-bond donors (Lipinski definition) is 0. The lowest BCUT2D eigenvalue weighted by atomic mass is 10.2. The summed E-state index contributed by atoms with van der Waals surface area (Å²) in [6.45, 7) is 2.59. The van der Waals surface area contributed by atoms with E-state index in [4.69, 9.17) is 16.3 Å². The Bertz CT molecular complexity index is 576. The molecule has 0 bridgehead atoms. The van der Waals surface area contributed by atoms with Crippen LogP contribution in [0.25, 0.3) is 0 Å². The molecule has 2 aromatic rings. The van der Waals surface area contributed by atoms with E-state index in [-0.39, 0.29) is 0 Å². The SMILES string of the molecule is CCc1c(C(=O)Cl)cnn1Cc1ccc(OC)cc1. The lowest BCUT2D eigenvalue weighted by molar-refractivity contribution is 0.108. The number of ether oxygens (including phenoxy) is 1. The summed E-state index contributed by atoms with van der Waals surface area (Å²) in [6, 6.07) is 7.75. The Morgan fingerprint density at radius 2 is 2.05 bits per heavy atom. The fourth-order valence-corrected chi connectivity index (χ4v) is 2.15. The number of halogens is 1. The quantitative estimate of drug-likeness (QED) is 0.790. The van der Waals surface area contributed by atoms with E-state index in [9.17, 15) is 4.79 Å². The van der Waals surface area contributed by atoms with Gasteiger partial charge in [0.15, 0.2) is 0 Å². The Labute approximate surface area is 116 Å². The fraction of sp³-hybridized carbons (Fsp3) is 0.286. The molecular weight excluding hydrogens is 264 g/mol. The van der Waals surface area contributed by atoms with Crippen LogP contribution in [0.5, 0.6) is 5.75 Å². The van der Waals surface area contributed by atoms with Crippen LogP contribution in [0.1, 0.15) is 28.5 Å². The Balaban J connectivity index is 2.25. The molecular formula is C14H15ClN2O2. The van der Waals surface area contributed by atoms with E-state index >= 15 is 0 Å². The normalized spacial score (nSPS) is 10.5. The number of benzene rings is 1. The van der Waals surface area contributed by atoms with Gasteiger partial charge in [0.1, 0.15) is 5.75 Å². The van der Waals surface area contributed by atoms with Crippen molar-refractivity contribution in [2.24, 2.45) is 0 Å². The van der Waals surface area contributed by atoms with Crippen LogP contribution in [0.3, 0.4) is 0 Å². The topological polar surface area (TPSA) is 44.1 Å². The highest BCUT2D eigenvalue weighted by atomic mass is 35.5. The third kappa shape index (κ3) is 2.96. The van der Waals surface area contributed by atoms with Gasteiger partial charge in [-0.3, -0.25) is 9.48 Å². The first-order chi connectivity index (χ1) is 9.15. The molecule has 5 heteroatoms. The smallest absolute Gasteiger partial charge is 0.255 e. The van der Waals surface area contributed by atoms with Crippen LogP contribution in [0.2, 0.25) is 0 Å². The average molecular weight is 279 g/mol. The summed E-state index contributed by atoms with van der Waals surface area (Å²) in [6.07, 6.45) is 2.24. The first kappa shape index (κ1) is 13.6. The summed E-state index contributed by atoms with van der Waals surface area (Å²) >= 11 is 5.53. The number of hydrogen-bond acceptors (Lipinski definition) is 3. The van der Waals surface area contributed by atoms with Crippen molar-refractivity contribution in [1.82, 2.24) is 9.78 Å². The molecule has 2 rings (SSSR count). The molecule has 1 aromatic heterocycles. The van der Waals surface area contributed by atoms with Gasteiger partial charge >= 0.3 is 0 Å². The predicted octanol–water partition coefficient (Wildman–Crippen LogP) is 2.88. The maximum atomic E-state index is 11.3. The van der Waals surface area contributed by atoms with Crippen molar-refractivity contribution < 1.29 is 9.53 Å². The van der Waals surface area contributed by atoms with E-state index < -0.39 is 5.24 Å². The summed E-state index contributed by atoms with van der Waals surface area (Å²) in [5, 5.41) is 3.77. The molecule has 0 saturated heterocycles. The molecule has 1 aromatic carbocycles. The second-order valence-electron chi connectivity index (χ2n) is 4.14. The molecule has 0 unspecified atom stereocenters. The van der Waals surface area contributed by atoms with Gasteiger partial charge in [0.25, 0.3) is 5.24 Å². The standard InChI is InChI=1S/C14H15ClN2O2/c1-3-13-12(14(15)18)8-16-17(13)9-10-4-6-11(19-2)7-5-10/h4-8H,3,9H2,1-2H3. The molecule has 0 saturated carbocycles. The molecule has 0 aliphatic heterocycles. The van der Waals surface area contributed by atoms with Crippen LogP contribution in [0.15, 0.2) is 30.5 Å². The van der Waals surface area contributed by atoms with Crippen LogP contribution in [-0.4, -0.2) is 22.1 Å². The van der Waals surface area contributed by atoms with Gasteiger partial charge in [-0.1, -0.05) is 19.1 Å². The monoisotopic (exact) mass is 278 g/mol. The number of carbonyl (C=O) groups is 1. The van der Waals surface area contributed by atoms with Crippen LogP contribution in [-0.2, 0) is 13.0 Å². The van der Waals surface area contributed by atoms with E-state index in [1.807, 2.05) is 31.2 Å². The summed E-state index contributed by atoms with van der Waals surface area (Å²) < 4.78 is 6.92. The molecule has 1 heterocycles. The summed E-state index contributed by atoms with van der Waals surface area (Å²) in [4.78, 5) is 11.3. The molecule has 0 atom stereocenters. The Morgan fingerprint density at radius 3 is 2.58 bits per heavy atom. The van der Waals surface area contributed by atoms with Crippen LogP contribution < -0.4 is 4.74 Å². The molecule has 4 nitrogen and oxygen atoms in total. The van der Waals surface area contributed by atoms with Crippen LogP contribution >= 0.6 is 11.6 Å². The summed E-state index contributed by atoms with van der Waals surface area (Å²) in [7, 11) is 1.63. The zero-order valence-electron chi connectivity index (χ0n) is 10.9. The Morgan fingerprint density at radius 1 is 1.37 bits per heavy atom. The lowest BCUT2D eigenvalue weighted by Crippen LogP contribution is -2.07. The molecule has 0 spiro atoms. The maximum Gasteiger partial charge on any atom is 0.255 e. The second-order valence-corrected chi connectivity index (χ2v) is 4.48. The Kier molecular flexibility index (Phi) is 4.22. The highest BCUT2D eigenvalue weighted by Crippen LogP contribution is 2.16. The maximum absolute atomic E-state index is 11.3. The van der Waals surface area contributed by atoms with Crippen molar-refractivity contribution in [3.8, 4) is 5.75 Å². The molecule has 0 N–H and O–H groups in total. The summed E-state index contributed by atoms with van der Waals surface area (Å²) in [5.41, 5.74) is 2.43. The highest BCUT2D eigenvalue weighted by Gasteiger charge is 2.14. The minimum atomic E-state index is -0.460. The first-order valence-electron chi connectivity index (χ1n) is 6.03. The minimum absolute atomic E-state index is 0.460. The van der Waals surface area contributed by atoms with Crippen molar-refractivity contribution in [3.05, 3.63) is 47.3 Å². The minimum Gasteiger partial charge on any atom is -0.497 e. The second kappa shape index (κ2) is 5.89. The number of nitrogens with zero attached hydrogens (tertiary/aromatic N) is 2. The van der Waals surface area contributed by atoms with Gasteiger partial charge in [-0.15, -0.1) is 0 Å². The predicted molar refractivity (Wildman–Crippen MR) is 73.9 cm³/mol. The molecule has 0 radical (unpaired) electrons. The van der Waals surface area contributed by atoms with Gasteiger partial charge < -0.3 is 4.74 Å². The van der Waals surface area contributed by atoms with Gasteiger partial charge in [0, 0.05) is 0 Å². The molecule has 0 amide bonds. The van der Waals surface area contributed by atoms with Gasteiger partial charge in [0.2, 0.25) is 0 Å². The van der Waals surface area contributed by atoms with Gasteiger partial charge in [-0.05, 0) is 35.7 Å². The van der Waals surface area contributed by atoms with Crippen molar-refractivity contribution in [3.63, 3.8) is 0 Å². The zero-order valence-corrected chi connectivity index (χ0v) is 11.6. The molecule has 0 aliphatic carbocycles. The lowest BCUT2D eigenvalue weighted by Gasteiger charge is -2.07. The Hall–Kier alpha value is -1.81. The van der Waals surface area contributed by atoms with E-state index in [1.165, 1.54) is 6.20 Å². The van der Waals surface area contributed by atoms with Crippen molar-refractivity contribution in [1.29, 1.82) is 0 Å². The van der Waals surface area contributed by atoms with E-state index in [1.54, 1.807) is 11.8 Å². The highest BCUT2D eigenvalue weighted by molar-refractivity contribution is 6.67. The molecule has 0 aliphatic rings. The van der Waals surface area contributed by atoms with Gasteiger partial charge in [-0.2, -0.15) is 5.10 Å². The van der Waals surface area contributed by atoms with E-state index in [0.29, 0.717) is 18.5 Å². The van der Waals surface area contributed by atoms with Crippen molar-refractivity contribution in [2.45, 2.75) is 19.9 Å². The van der Waals surface area contributed by atoms with Crippen molar-refractivity contribution in [2.75, 3.05) is 7.11 Å². The van der Waals surface area contributed by atoms with Crippen LogP contribution in [0, 0.1) is 0 Å². The first-order valence-corrected chi connectivity index (χ1v) is 6.41. The molecule has 100 valence electrons. The van der Waals surface area contributed by atoms with Gasteiger partial charge in [0.05, 0.1) is 31.1 Å². The number of aromatic nitrogens is 2. The van der Waals surface area contributed by atoms with Crippen molar-refractivity contribution >= 4 is 16.8 Å². The largest absolute Gasteiger partial charge is 0.497 e. The molecule has 19 heavy (non-hydrogen) atoms. The van der Waals surface area contributed by atoms with E-state index in [0.717, 1.165) is 17.0 Å². The number of carbonyl (C=O) groups excluding carboxylic acids is 1. The van der Waals surface area contributed by atoms with Crippen LogP contribution in [0.4, 0.5) is 0 Å². The third-order valence-corrected chi connectivity index (χ3v) is 3.19. The summed E-state index contributed by atoms with van der Waals surface area (Å²) in [5.74, 6) is 0.816. The number of rotatable bonds is 5. The molecule has 0 fully saturated rings.